The van der Waals surface area contributed by atoms with Crippen molar-refractivity contribution in [3.8, 4) is 0 Å². The van der Waals surface area contributed by atoms with Gasteiger partial charge in [-0.05, 0) is 52.5 Å². The van der Waals surface area contributed by atoms with Gasteiger partial charge in [-0.2, -0.15) is 0 Å². The minimum absolute atomic E-state index is 0.0684. The fourth-order valence-electron chi connectivity index (χ4n) is 1.53. The van der Waals surface area contributed by atoms with Gasteiger partial charge in [-0.25, -0.2) is 0 Å². The molecule has 4 heteroatoms. The zero-order chi connectivity index (χ0) is 12.7. The minimum Gasteiger partial charge on any atom is -0.381 e. The average Bonchev–Trinajstić information content (AvgIpc) is 3.05. The Morgan fingerprint density at radius 3 is 2.65 bits per heavy atom. The second-order valence-electron chi connectivity index (χ2n) is 5.21. The van der Waals surface area contributed by atoms with Crippen LogP contribution in [0.4, 0.5) is 0 Å². The van der Waals surface area contributed by atoms with Gasteiger partial charge in [-0.15, -0.1) is 0 Å². The number of hydrogen-bond acceptors (Lipinski definition) is 3. The number of hydrogen-bond donors (Lipinski definition) is 2. The van der Waals surface area contributed by atoms with Crippen LogP contribution in [0.5, 0.6) is 0 Å². The average molecular weight is 242 g/mol. The zero-order valence-corrected chi connectivity index (χ0v) is 11.3. The monoisotopic (exact) mass is 242 g/mol. The molecule has 2 N–H and O–H groups in total. The van der Waals surface area contributed by atoms with E-state index in [1.54, 1.807) is 0 Å². The third-order valence-corrected chi connectivity index (χ3v) is 2.79. The highest BCUT2D eigenvalue weighted by molar-refractivity contribution is 5.81. The van der Waals surface area contributed by atoms with E-state index in [9.17, 15) is 4.79 Å². The Hall–Kier alpha value is -0.610. The van der Waals surface area contributed by atoms with Crippen molar-refractivity contribution in [3.05, 3.63) is 0 Å². The molecule has 1 amide bonds. The maximum absolute atomic E-state index is 11.6. The quantitative estimate of drug-likeness (QED) is 0.599. The molecule has 1 aliphatic carbocycles. The Labute approximate surface area is 104 Å². The van der Waals surface area contributed by atoms with Crippen molar-refractivity contribution in [3.63, 3.8) is 0 Å². The van der Waals surface area contributed by atoms with Crippen LogP contribution < -0.4 is 10.6 Å². The molecule has 0 saturated heterocycles. The smallest absolute Gasteiger partial charge is 0.237 e. The van der Waals surface area contributed by atoms with Crippen LogP contribution in [-0.2, 0) is 9.53 Å². The SMILES string of the molecule is CC(C)NC(=O)C(C)NCCCOCC1CC1. The summed E-state index contributed by atoms with van der Waals surface area (Å²) in [5.74, 6) is 0.901. The summed E-state index contributed by atoms with van der Waals surface area (Å²) >= 11 is 0. The highest BCUT2D eigenvalue weighted by atomic mass is 16.5. The van der Waals surface area contributed by atoms with E-state index in [1.165, 1.54) is 12.8 Å². The molecule has 0 aromatic carbocycles. The summed E-state index contributed by atoms with van der Waals surface area (Å²) in [6, 6.07) is 0.0782. The van der Waals surface area contributed by atoms with Crippen LogP contribution in [0, 0.1) is 5.92 Å². The first-order valence-corrected chi connectivity index (χ1v) is 6.71. The molecule has 1 fully saturated rings. The van der Waals surface area contributed by atoms with Gasteiger partial charge in [-0.1, -0.05) is 0 Å². The molecule has 100 valence electrons. The number of carbonyl (C=O) groups excluding carboxylic acids is 1. The van der Waals surface area contributed by atoms with Crippen LogP contribution in [0.15, 0.2) is 0 Å². The molecule has 0 heterocycles. The lowest BCUT2D eigenvalue weighted by Gasteiger charge is -2.15. The van der Waals surface area contributed by atoms with E-state index < -0.39 is 0 Å². The Balaban J connectivity index is 1.91. The maximum atomic E-state index is 11.6. The van der Waals surface area contributed by atoms with Gasteiger partial charge in [0.1, 0.15) is 0 Å². The van der Waals surface area contributed by atoms with Gasteiger partial charge in [0.15, 0.2) is 0 Å². The second kappa shape index (κ2) is 7.67. The van der Waals surface area contributed by atoms with Crippen LogP contribution in [-0.4, -0.2) is 37.7 Å². The lowest BCUT2D eigenvalue weighted by molar-refractivity contribution is -0.123. The Morgan fingerprint density at radius 2 is 2.06 bits per heavy atom. The standard InChI is InChI=1S/C13H26N2O2/c1-10(2)15-13(16)11(3)14-7-4-8-17-9-12-5-6-12/h10-12,14H,4-9H2,1-3H3,(H,15,16). The van der Waals surface area contributed by atoms with E-state index in [-0.39, 0.29) is 18.0 Å². The van der Waals surface area contributed by atoms with Crippen LogP contribution in [0.1, 0.15) is 40.0 Å². The third kappa shape index (κ3) is 7.34. The molecule has 0 aliphatic heterocycles. The van der Waals surface area contributed by atoms with Crippen LogP contribution in [0.25, 0.3) is 0 Å². The topological polar surface area (TPSA) is 50.4 Å². The van der Waals surface area contributed by atoms with E-state index in [1.807, 2.05) is 20.8 Å². The van der Waals surface area contributed by atoms with Crippen molar-refractivity contribution in [2.45, 2.75) is 52.1 Å². The van der Waals surface area contributed by atoms with Gasteiger partial charge in [0.2, 0.25) is 5.91 Å². The van der Waals surface area contributed by atoms with Gasteiger partial charge < -0.3 is 15.4 Å². The molecule has 1 aliphatic rings. The molecule has 1 rings (SSSR count). The summed E-state index contributed by atoms with van der Waals surface area (Å²) in [6.45, 7) is 8.37. The molecule has 1 unspecified atom stereocenters. The van der Waals surface area contributed by atoms with E-state index in [4.69, 9.17) is 4.74 Å². The molecular weight excluding hydrogens is 216 g/mol. The highest BCUT2D eigenvalue weighted by Gasteiger charge is 2.20. The molecule has 0 bridgehead atoms. The molecule has 1 saturated carbocycles. The molecule has 1 atom stereocenters. The number of carbonyl (C=O) groups is 1. The fraction of sp³-hybridized carbons (Fsp3) is 0.923. The van der Waals surface area contributed by atoms with Crippen molar-refractivity contribution < 1.29 is 9.53 Å². The van der Waals surface area contributed by atoms with Gasteiger partial charge in [0.25, 0.3) is 0 Å². The zero-order valence-electron chi connectivity index (χ0n) is 11.3. The van der Waals surface area contributed by atoms with Crippen molar-refractivity contribution in [2.24, 2.45) is 5.92 Å². The first-order valence-electron chi connectivity index (χ1n) is 6.71. The highest BCUT2D eigenvalue weighted by Crippen LogP contribution is 2.28. The largest absolute Gasteiger partial charge is 0.381 e. The summed E-state index contributed by atoms with van der Waals surface area (Å²) in [5.41, 5.74) is 0. The van der Waals surface area contributed by atoms with Crippen molar-refractivity contribution in [1.82, 2.24) is 10.6 Å². The molecule has 0 aromatic rings. The predicted octanol–water partition coefficient (Wildman–Crippen LogP) is 1.31. The van der Waals surface area contributed by atoms with E-state index in [0.29, 0.717) is 0 Å². The van der Waals surface area contributed by atoms with Gasteiger partial charge >= 0.3 is 0 Å². The molecule has 4 nitrogen and oxygen atoms in total. The lowest BCUT2D eigenvalue weighted by atomic mass is 10.2. The first-order chi connectivity index (χ1) is 8.09. The minimum atomic E-state index is -0.124. The number of rotatable bonds is 9. The molecule has 0 spiro atoms. The van der Waals surface area contributed by atoms with Crippen molar-refractivity contribution in [2.75, 3.05) is 19.8 Å². The summed E-state index contributed by atoms with van der Waals surface area (Å²) < 4.78 is 5.52. The first kappa shape index (κ1) is 14.5. The Kier molecular flexibility index (Phi) is 6.52. The normalized spacial score (nSPS) is 17.2. The summed E-state index contributed by atoms with van der Waals surface area (Å²) in [4.78, 5) is 11.6. The summed E-state index contributed by atoms with van der Waals surface area (Å²) in [7, 11) is 0. The van der Waals surface area contributed by atoms with Gasteiger partial charge in [-0.3, -0.25) is 4.79 Å². The molecular formula is C13H26N2O2. The summed E-state index contributed by atoms with van der Waals surface area (Å²) in [6.07, 6.45) is 3.64. The van der Waals surface area contributed by atoms with Crippen molar-refractivity contribution >= 4 is 5.91 Å². The predicted molar refractivity (Wildman–Crippen MR) is 68.9 cm³/mol. The van der Waals surface area contributed by atoms with Crippen LogP contribution in [0.3, 0.4) is 0 Å². The molecule has 0 aromatic heterocycles. The van der Waals surface area contributed by atoms with Crippen LogP contribution >= 0.6 is 0 Å². The number of nitrogens with one attached hydrogen (secondary N) is 2. The van der Waals surface area contributed by atoms with Crippen LogP contribution in [0.2, 0.25) is 0 Å². The molecule has 17 heavy (non-hydrogen) atoms. The Bertz CT molecular complexity index is 227. The Morgan fingerprint density at radius 1 is 1.35 bits per heavy atom. The third-order valence-electron chi connectivity index (χ3n) is 2.79. The second-order valence-corrected chi connectivity index (χ2v) is 5.21. The molecule has 0 radical (unpaired) electrons. The lowest BCUT2D eigenvalue weighted by Crippen LogP contribution is -2.45. The maximum Gasteiger partial charge on any atom is 0.237 e. The number of amides is 1. The van der Waals surface area contributed by atoms with Gasteiger partial charge in [0.05, 0.1) is 6.04 Å². The van der Waals surface area contributed by atoms with E-state index >= 15 is 0 Å². The van der Waals surface area contributed by atoms with E-state index in [2.05, 4.69) is 10.6 Å². The van der Waals surface area contributed by atoms with Gasteiger partial charge in [0, 0.05) is 19.3 Å². The fourth-order valence-corrected chi connectivity index (χ4v) is 1.53. The van der Waals surface area contributed by atoms with Crippen molar-refractivity contribution in [1.29, 1.82) is 0 Å². The van der Waals surface area contributed by atoms with E-state index in [0.717, 1.165) is 32.1 Å². The summed E-state index contributed by atoms with van der Waals surface area (Å²) in [5, 5.41) is 6.08. The number of ether oxygens (including phenoxy) is 1.